The van der Waals surface area contributed by atoms with Gasteiger partial charge in [0.1, 0.15) is 28.6 Å². The second-order valence-corrected chi connectivity index (χ2v) is 4.38. The average Bonchev–Trinajstić information content (AvgIpc) is 2.25. The van der Waals surface area contributed by atoms with Crippen LogP contribution in [0.1, 0.15) is 5.76 Å². The van der Waals surface area contributed by atoms with Gasteiger partial charge in [0.2, 0.25) is 0 Å². The van der Waals surface area contributed by atoms with Crippen molar-refractivity contribution in [2.75, 3.05) is 0 Å². The minimum absolute atomic E-state index is 0.112. The molecule has 0 amide bonds. The second kappa shape index (κ2) is 3.65. The van der Waals surface area contributed by atoms with Gasteiger partial charge in [-0.2, -0.15) is 0 Å². The zero-order chi connectivity index (χ0) is 13.7. The number of hydrogen-bond acceptors (Lipinski definition) is 5. The maximum Gasteiger partial charge on any atom is 0.193 e. The number of aryl methyl sites for hydroxylation is 1. The molecule has 0 saturated heterocycles. The Bertz CT molecular complexity index is 877. The summed E-state index contributed by atoms with van der Waals surface area (Å²) in [5.74, 6) is -0.291. The summed E-state index contributed by atoms with van der Waals surface area (Å²) < 4.78 is 5.39. The van der Waals surface area contributed by atoms with Crippen LogP contribution in [0, 0.1) is 6.92 Å². The van der Waals surface area contributed by atoms with E-state index in [0.717, 1.165) is 6.07 Å². The Hall–Kier alpha value is -2.69. The number of hydrogen-bond donors (Lipinski definition) is 3. The summed E-state index contributed by atoms with van der Waals surface area (Å²) in [6.45, 7) is 1.63. The zero-order valence-corrected chi connectivity index (χ0v) is 9.97. The number of aromatic hydroxyl groups is 3. The normalized spacial score (nSPS) is 11.2. The van der Waals surface area contributed by atoms with Gasteiger partial charge in [-0.1, -0.05) is 0 Å². The maximum absolute atomic E-state index is 12.0. The molecule has 3 N–H and O–H groups in total. The molecule has 0 unspecified atom stereocenters. The van der Waals surface area contributed by atoms with Crippen molar-refractivity contribution < 1.29 is 19.7 Å². The molecule has 0 spiro atoms. The summed E-state index contributed by atoms with van der Waals surface area (Å²) in [7, 11) is 0. The van der Waals surface area contributed by atoms with Crippen LogP contribution in [0.4, 0.5) is 0 Å². The summed E-state index contributed by atoms with van der Waals surface area (Å²) in [6.07, 6.45) is 0. The van der Waals surface area contributed by atoms with Crippen LogP contribution in [0.3, 0.4) is 0 Å². The number of phenols is 3. The average molecular weight is 258 g/mol. The fourth-order valence-corrected chi connectivity index (χ4v) is 2.27. The van der Waals surface area contributed by atoms with Gasteiger partial charge in [-0.3, -0.25) is 4.79 Å². The fraction of sp³-hybridized carbons (Fsp3) is 0.0714. The van der Waals surface area contributed by atoms with Crippen LogP contribution in [0.5, 0.6) is 17.2 Å². The Morgan fingerprint density at radius 2 is 1.63 bits per heavy atom. The van der Waals surface area contributed by atoms with Crippen LogP contribution in [0.25, 0.3) is 21.7 Å². The van der Waals surface area contributed by atoms with Crippen molar-refractivity contribution in [1.29, 1.82) is 0 Å². The lowest BCUT2D eigenvalue weighted by molar-refractivity contribution is 0.449. The highest BCUT2D eigenvalue weighted by Gasteiger charge is 2.15. The lowest BCUT2D eigenvalue weighted by Crippen LogP contribution is -2.01. The Morgan fingerprint density at radius 1 is 0.947 bits per heavy atom. The van der Waals surface area contributed by atoms with Gasteiger partial charge >= 0.3 is 0 Å². The molecule has 5 heteroatoms. The first kappa shape index (κ1) is 11.4. The molecular formula is C14H10O5. The standard InChI is InChI=1S/C14H10O5/c1-6-2-9(16)14-8-3-7(15)4-10(17)13(8)11(18)5-12(14)19-6/h2-5,15,17-18H,1H3. The predicted octanol–water partition coefficient (Wildman–Crippen LogP) is 2.37. The molecule has 3 aromatic rings. The van der Waals surface area contributed by atoms with Crippen molar-refractivity contribution in [2.24, 2.45) is 0 Å². The van der Waals surface area contributed by atoms with Gasteiger partial charge in [0.15, 0.2) is 5.43 Å². The molecule has 5 nitrogen and oxygen atoms in total. The molecule has 0 fully saturated rings. The third kappa shape index (κ3) is 1.59. The van der Waals surface area contributed by atoms with E-state index >= 15 is 0 Å². The van der Waals surface area contributed by atoms with Crippen LogP contribution in [-0.4, -0.2) is 15.3 Å². The van der Waals surface area contributed by atoms with Crippen LogP contribution in [0.15, 0.2) is 33.5 Å². The number of benzene rings is 2. The monoisotopic (exact) mass is 258 g/mol. The van der Waals surface area contributed by atoms with Gasteiger partial charge in [0.05, 0.1) is 10.8 Å². The van der Waals surface area contributed by atoms with Gasteiger partial charge in [-0.25, -0.2) is 0 Å². The first-order valence-corrected chi connectivity index (χ1v) is 5.59. The first-order valence-electron chi connectivity index (χ1n) is 5.59. The predicted molar refractivity (Wildman–Crippen MR) is 69.7 cm³/mol. The van der Waals surface area contributed by atoms with Gasteiger partial charge in [-0.15, -0.1) is 0 Å². The Labute approximate surface area is 107 Å². The van der Waals surface area contributed by atoms with Crippen LogP contribution in [-0.2, 0) is 0 Å². The lowest BCUT2D eigenvalue weighted by Gasteiger charge is -2.08. The van der Waals surface area contributed by atoms with Crippen LogP contribution in [0.2, 0.25) is 0 Å². The highest BCUT2D eigenvalue weighted by Crippen LogP contribution is 2.39. The molecule has 0 aliphatic heterocycles. The molecule has 19 heavy (non-hydrogen) atoms. The highest BCUT2D eigenvalue weighted by atomic mass is 16.3. The molecule has 0 atom stereocenters. The molecule has 0 saturated carbocycles. The largest absolute Gasteiger partial charge is 0.508 e. The lowest BCUT2D eigenvalue weighted by atomic mass is 10.0. The smallest absolute Gasteiger partial charge is 0.193 e. The van der Waals surface area contributed by atoms with Gasteiger partial charge in [0.25, 0.3) is 0 Å². The van der Waals surface area contributed by atoms with Crippen molar-refractivity contribution in [3.05, 3.63) is 40.2 Å². The zero-order valence-electron chi connectivity index (χ0n) is 9.97. The Kier molecular flexibility index (Phi) is 2.19. The van der Waals surface area contributed by atoms with Gasteiger partial charge < -0.3 is 19.7 Å². The van der Waals surface area contributed by atoms with E-state index in [4.69, 9.17) is 4.42 Å². The molecule has 1 heterocycles. The topological polar surface area (TPSA) is 90.9 Å². The molecular weight excluding hydrogens is 248 g/mol. The van der Waals surface area contributed by atoms with Crippen LogP contribution >= 0.6 is 0 Å². The molecule has 0 aliphatic carbocycles. The van der Waals surface area contributed by atoms with E-state index in [1.807, 2.05) is 0 Å². The number of fused-ring (bicyclic) bond motifs is 3. The van der Waals surface area contributed by atoms with Crippen molar-refractivity contribution >= 4 is 21.7 Å². The van der Waals surface area contributed by atoms with Gasteiger partial charge in [-0.05, 0) is 13.0 Å². The summed E-state index contributed by atoms with van der Waals surface area (Å²) in [6, 6.07) is 5.01. The summed E-state index contributed by atoms with van der Waals surface area (Å²) in [5.41, 5.74) is -0.0891. The first-order chi connectivity index (χ1) is 8.97. The fourth-order valence-electron chi connectivity index (χ4n) is 2.27. The molecule has 2 aromatic carbocycles. The summed E-state index contributed by atoms with van der Waals surface area (Å²) in [4.78, 5) is 12.0. The summed E-state index contributed by atoms with van der Waals surface area (Å²) in [5, 5.41) is 29.8. The van der Waals surface area contributed by atoms with Crippen LogP contribution < -0.4 is 5.43 Å². The van der Waals surface area contributed by atoms with E-state index in [1.54, 1.807) is 6.92 Å². The van der Waals surface area contributed by atoms with E-state index in [2.05, 4.69) is 0 Å². The van der Waals surface area contributed by atoms with Crippen molar-refractivity contribution in [1.82, 2.24) is 0 Å². The molecule has 1 aromatic heterocycles. The van der Waals surface area contributed by atoms with Crippen molar-refractivity contribution in [3.8, 4) is 17.2 Å². The third-order valence-electron chi connectivity index (χ3n) is 2.99. The van der Waals surface area contributed by atoms with Gasteiger partial charge in [0, 0.05) is 23.6 Å². The quantitative estimate of drug-likeness (QED) is 0.538. The third-order valence-corrected chi connectivity index (χ3v) is 2.99. The summed E-state index contributed by atoms with van der Waals surface area (Å²) >= 11 is 0. The Balaban J connectivity index is 2.70. The van der Waals surface area contributed by atoms with E-state index in [1.165, 1.54) is 18.2 Å². The van der Waals surface area contributed by atoms with Crippen molar-refractivity contribution in [2.45, 2.75) is 6.92 Å². The molecule has 3 rings (SSSR count). The molecule has 0 bridgehead atoms. The highest BCUT2D eigenvalue weighted by molar-refractivity contribution is 6.11. The van der Waals surface area contributed by atoms with E-state index in [-0.39, 0.29) is 44.4 Å². The molecule has 0 aliphatic rings. The number of rotatable bonds is 0. The second-order valence-electron chi connectivity index (χ2n) is 4.38. The Morgan fingerprint density at radius 3 is 2.37 bits per heavy atom. The minimum Gasteiger partial charge on any atom is -0.508 e. The van der Waals surface area contributed by atoms with Crippen molar-refractivity contribution in [3.63, 3.8) is 0 Å². The van der Waals surface area contributed by atoms with E-state index < -0.39 is 0 Å². The van der Waals surface area contributed by atoms with E-state index in [9.17, 15) is 20.1 Å². The minimum atomic E-state index is -0.297. The number of phenolic OH excluding ortho intramolecular Hbond substituents is 3. The molecule has 96 valence electrons. The maximum atomic E-state index is 12.0. The SMILES string of the molecule is Cc1cc(=O)c2c(cc(O)c3c(O)cc(O)cc32)o1. The van der Waals surface area contributed by atoms with E-state index in [0.29, 0.717) is 5.76 Å². The molecule has 0 radical (unpaired) electrons.